The number of nitrogens with one attached hydrogen (secondary N) is 4. The summed E-state index contributed by atoms with van der Waals surface area (Å²) in [6, 6.07) is 15.8. The Hall–Kier alpha value is -5.26. The van der Waals surface area contributed by atoms with Crippen molar-refractivity contribution in [2.24, 2.45) is 0 Å². The van der Waals surface area contributed by atoms with Gasteiger partial charge in [0.15, 0.2) is 11.5 Å². The standard InChI is InChI=1S/C34H40N4O8/c1-21-20-46-28-9-5-4-8-25(28)32(41)38-27(33(42)35-16-6-7-22-12-15-29(44-2)30(18-22)45-3)19-31(40)37-26(34(43)36-21)17-23-10-13-24(39)14-11-23/h4-5,8-15,18,21,26-27,39H,6-7,16-17,19-20H2,1-3H3,(H,35,42)(H,36,43)(H,37,40)(H,38,41)/t21-,26+,27+/m1/s1. The van der Waals surface area contributed by atoms with Gasteiger partial charge in [0.1, 0.15) is 30.2 Å². The second-order valence-corrected chi connectivity index (χ2v) is 11.0. The molecule has 4 amide bonds. The highest BCUT2D eigenvalue weighted by atomic mass is 16.5. The average molecular weight is 633 g/mol. The molecular formula is C34H40N4O8. The van der Waals surface area contributed by atoms with Crippen LogP contribution >= 0.6 is 0 Å². The molecule has 0 saturated heterocycles. The quantitative estimate of drug-likeness (QED) is 0.224. The summed E-state index contributed by atoms with van der Waals surface area (Å²) >= 11 is 0. The molecule has 4 rings (SSSR count). The summed E-state index contributed by atoms with van der Waals surface area (Å²) in [4.78, 5) is 53.4. The van der Waals surface area contributed by atoms with Crippen LogP contribution in [0.1, 0.15) is 41.3 Å². The van der Waals surface area contributed by atoms with Gasteiger partial charge in [-0.2, -0.15) is 0 Å². The maximum Gasteiger partial charge on any atom is 0.255 e. The van der Waals surface area contributed by atoms with Gasteiger partial charge >= 0.3 is 0 Å². The first-order chi connectivity index (χ1) is 22.2. The smallest absolute Gasteiger partial charge is 0.255 e. The summed E-state index contributed by atoms with van der Waals surface area (Å²) in [7, 11) is 3.12. The highest BCUT2D eigenvalue weighted by Gasteiger charge is 2.29. The van der Waals surface area contributed by atoms with Crippen LogP contribution in [0, 0.1) is 0 Å². The predicted octanol–water partition coefficient (Wildman–Crippen LogP) is 2.27. The SMILES string of the molecule is COc1ccc(CCCNC(=O)[C@@H]2CC(=O)N[C@@H](Cc3ccc(O)cc3)C(=O)N[C@H](C)COc3ccccc3C(=O)N2)cc1OC. The first-order valence-corrected chi connectivity index (χ1v) is 15.1. The maximum atomic E-state index is 13.4. The van der Waals surface area contributed by atoms with Crippen molar-refractivity contribution in [2.45, 2.75) is 50.7 Å². The minimum Gasteiger partial charge on any atom is -0.508 e. The summed E-state index contributed by atoms with van der Waals surface area (Å²) in [6.45, 7) is 2.09. The van der Waals surface area contributed by atoms with Crippen molar-refractivity contribution in [3.05, 3.63) is 83.4 Å². The molecular weight excluding hydrogens is 592 g/mol. The van der Waals surface area contributed by atoms with E-state index < -0.39 is 48.2 Å². The summed E-state index contributed by atoms with van der Waals surface area (Å²) < 4.78 is 16.5. The number of rotatable bonds is 9. The van der Waals surface area contributed by atoms with Crippen molar-refractivity contribution in [1.82, 2.24) is 21.3 Å². The maximum absolute atomic E-state index is 13.4. The van der Waals surface area contributed by atoms with E-state index in [1.165, 1.54) is 12.1 Å². The highest BCUT2D eigenvalue weighted by Crippen LogP contribution is 2.28. The number of hydrogen-bond donors (Lipinski definition) is 5. The predicted molar refractivity (Wildman–Crippen MR) is 170 cm³/mol. The molecule has 0 radical (unpaired) electrons. The number of carbonyl (C=O) groups excluding carboxylic acids is 4. The Morgan fingerprint density at radius 1 is 0.935 bits per heavy atom. The number of aryl methyl sites for hydroxylation is 1. The third kappa shape index (κ3) is 9.37. The Labute approximate surface area is 267 Å². The van der Waals surface area contributed by atoms with Crippen LogP contribution < -0.4 is 35.5 Å². The third-order valence-corrected chi connectivity index (χ3v) is 7.44. The molecule has 0 fully saturated rings. The van der Waals surface area contributed by atoms with E-state index in [-0.39, 0.29) is 36.6 Å². The van der Waals surface area contributed by atoms with Crippen LogP contribution in [-0.2, 0) is 27.2 Å². The van der Waals surface area contributed by atoms with Crippen LogP contribution in [0.3, 0.4) is 0 Å². The molecule has 0 spiro atoms. The molecule has 1 heterocycles. The molecule has 1 aliphatic heterocycles. The van der Waals surface area contributed by atoms with Crippen molar-refractivity contribution in [2.75, 3.05) is 27.4 Å². The molecule has 0 aromatic heterocycles. The third-order valence-electron chi connectivity index (χ3n) is 7.44. The Balaban J connectivity index is 1.50. The fourth-order valence-electron chi connectivity index (χ4n) is 5.00. The van der Waals surface area contributed by atoms with Crippen LogP contribution in [-0.4, -0.2) is 74.2 Å². The van der Waals surface area contributed by atoms with Gasteiger partial charge in [0.2, 0.25) is 17.7 Å². The van der Waals surface area contributed by atoms with E-state index in [2.05, 4.69) is 21.3 Å². The monoisotopic (exact) mass is 632 g/mol. The molecule has 3 aromatic carbocycles. The van der Waals surface area contributed by atoms with E-state index in [0.717, 1.165) is 5.56 Å². The summed E-state index contributed by atoms with van der Waals surface area (Å²) in [5.74, 6) is -0.597. The molecule has 1 aliphatic rings. The van der Waals surface area contributed by atoms with E-state index in [4.69, 9.17) is 14.2 Å². The van der Waals surface area contributed by atoms with E-state index >= 15 is 0 Å². The fourth-order valence-corrected chi connectivity index (χ4v) is 5.00. The van der Waals surface area contributed by atoms with Crippen LogP contribution in [0.2, 0.25) is 0 Å². The number of methoxy groups -OCH3 is 2. The summed E-state index contributed by atoms with van der Waals surface area (Å²) in [6.07, 6.45) is 0.936. The number of para-hydroxylation sites is 1. The number of amides is 4. The number of phenols is 1. The van der Waals surface area contributed by atoms with Crippen molar-refractivity contribution < 1.29 is 38.5 Å². The highest BCUT2D eigenvalue weighted by molar-refractivity contribution is 6.01. The largest absolute Gasteiger partial charge is 0.508 e. The molecule has 3 atom stereocenters. The molecule has 0 unspecified atom stereocenters. The second kappa shape index (κ2) is 16.2. The zero-order valence-corrected chi connectivity index (χ0v) is 26.1. The lowest BCUT2D eigenvalue weighted by atomic mass is 10.0. The van der Waals surface area contributed by atoms with Crippen LogP contribution in [0.25, 0.3) is 0 Å². The van der Waals surface area contributed by atoms with Gasteiger partial charge in [-0.25, -0.2) is 0 Å². The second-order valence-electron chi connectivity index (χ2n) is 11.0. The zero-order chi connectivity index (χ0) is 33.1. The van der Waals surface area contributed by atoms with Crippen molar-refractivity contribution in [3.8, 4) is 23.0 Å². The molecule has 244 valence electrons. The van der Waals surface area contributed by atoms with Gasteiger partial charge in [-0.15, -0.1) is 0 Å². The molecule has 12 heteroatoms. The lowest BCUT2D eigenvalue weighted by Crippen LogP contribution is -2.54. The Morgan fingerprint density at radius 3 is 2.39 bits per heavy atom. The van der Waals surface area contributed by atoms with E-state index in [1.54, 1.807) is 57.5 Å². The first kappa shape index (κ1) is 33.6. The molecule has 46 heavy (non-hydrogen) atoms. The minimum absolute atomic E-state index is 0.0555. The van der Waals surface area contributed by atoms with E-state index in [0.29, 0.717) is 29.9 Å². The van der Waals surface area contributed by atoms with Crippen molar-refractivity contribution in [1.29, 1.82) is 0 Å². The van der Waals surface area contributed by atoms with Gasteiger partial charge in [-0.3, -0.25) is 19.2 Å². The Kier molecular flexibility index (Phi) is 11.8. The van der Waals surface area contributed by atoms with Crippen molar-refractivity contribution >= 4 is 23.6 Å². The lowest BCUT2D eigenvalue weighted by Gasteiger charge is -2.25. The molecule has 0 aliphatic carbocycles. The summed E-state index contributed by atoms with van der Waals surface area (Å²) in [5.41, 5.74) is 1.88. The van der Waals surface area contributed by atoms with Crippen LogP contribution in [0.15, 0.2) is 66.7 Å². The van der Waals surface area contributed by atoms with E-state index in [1.807, 2.05) is 18.2 Å². The number of phenolic OH excluding ortho intramolecular Hbond substituents is 1. The zero-order valence-electron chi connectivity index (χ0n) is 26.1. The number of benzene rings is 3. The van der Waals surface area contributed by atoms with Gasteiger partial charge in [-0.1, -0.05) is 30.3 Å². The number of aromatic hydroxyl groups is 1. The Bertz CT molecular complexity index is 1530. The average Bonchev–Trinajstić information content (AvgIpc) is 3.05. The molecule has 12 nitrogen and oxygen atoms in total. The molecule has 0 bridgehead atoms. The normalized spacial score (nSPS) is 18.8. The van der Waals surface area contributed by atoms with Gasteiger partial charge in [0.25, 0.3) is 5.91 Å². The van der Waals surface area contributed by atoms with Gasteiger partial charge < -0.3 is 40.6 Å². The number of carbonyl (C=O) groups is 4. The van der Waals surface area contributed by atoms with Crippen molar-refractivity contribution in [3.63, 3.8) is 0 Å². The molecule has 3 aromatic rings. The number of ether oxygens (including phenoxy) is 3. The van der Waals surface area contributed by atoms with Gasteiger partial charge in [0, 0.05) is 13.0 Å². The van der Waals surface area contributed by atoms with E-state index in [9.17, 15) is 24.3 Å². The molecule has 0 saturated carbocycles. The van der Waals surface area contributed by atoms with Crippen LogP contribution in [0.4, 0.5) is 0 Å². The van der Waals surface area contributed by atoms with Gasteiger partial charge in [0.05, 0.1) is 32.2 Å². The Morgan fingerprint density at radius 2 is 1.65 bits per heavy atom. The fraction of sp³-hybridized carbons (Fsp3) is 0.353. The lowest BCUT2D eigenvalue weighted by molar-refractivity contribution is -0.131. The first-order valence-electron chi connectivity index (χ1n) is 15.1. The minimum atomic E-state index is -1.24. The van der Waals surface area contributed by atoms with Crippen LogP contribution in [0.5, 0.6) is 23.0 Å². The summed E-state index contributed by atoms with van der Waals surface area (Å²) in [5, 5.41) is 20.7. The number of fused-ring (bicyclic) bond motifs is 1. The number of hydrogen-bond acceptors (Lipinski definition) is 8. The van der Waals surface area contributed by atoms with Gasteiger partial charge in [-0.05, 0) is 67.3 Å². The topological polar surface area (TPSA) is 164 Å². The molecule has 5 N–H and O–H groups in total.